The van der Waals surface area contributed by atoms with E-state index >= 15 is 0 Å². The average Bonchev–Trinajstić information content (AvgIpc) is 2.71. The molecule has 3 aromatic rings. The molecule has 0 atom stereocenters. The maximum absolute atomic E-state index is 12.9. The predicted octanol–water partition coefficient (Wildman–Crippen LogP) is 3.47. The molecule has 0 unspecified atom stereocenters. The minimum absolute atomic E-state index is 0.00689. The van der Waals surface area contributed by atoms with Gasteiger partial charge in [0.15, 0.2) is 0 Å². The van der Waals surface area contributed by atoms with Crippen molar-refractivity contribution in [3.05, 3.63) is 71.8 Å². The van der Waals surface area contributed by atoms with E-state index in [1.807, 2.05) is 56.3 Å². The van der Waals surface area contributed by atoms with E-state index in [0.717, 1.165) is 16.3 Å². The van der Waals surface area contributed by atoms with Gasteiger partial charge in [-0.2, -0.15) is 0 Å². The van der Waals surface area contributed by atoms with Crippen LogP contribution >= 0.6 is 0 Å². The number of nitrogens with one attached hydrogen (secondary N) is 2. The second-order valence-corrected chi connectivity index (χ2v) is 8.72. The van der Waals surface area contributed by atoms with Crippen molar-refractivity contribution in [1.82, 2.24) is 10.0 Å². The average molecular weight is 413 g/mol. The quantitative estimate of drug-likeness (QED) is 0.622. The lowest BCUT2D eigenvalue weighted by molar-refractivity contribution is 0.0940. The summed E-state index contributed by atoms with van der Waals surface area (Å²) in [4.78, 5) is 12.4. The number of carbonyl (C=O) groups is 1. The predicted molar refractivity (Wildman–Crippen MR) is 114 cm³/mol. The van der Waals surface area contributed by atoms with Crippen molar-refractivity contribution in [1.29, 1.82) is 0 Å². The molecule has 0 heterocycles. The minimum Gasteiger partial charge on any atom is -0.496 e. The lowest BCUT2D eigenvalue weighted by Gasteiger charge is -2.14. The molecule has 0 radical (unpaired) electrons. The van der Waals surface area contributed by atoms with Gasteiger partial charge in [0.1, 0.15) is 5.75 Å². The molecule has 0 aliphatic carbocycles. The Morgan fingerprint density at radius 3 is 2.48 bits per heavy atom. The third-order valence-electron chi connectivity index (χ3n) is 4.48. The van der Waals surface area contributed by atoms with Crippen molar-refractivity contribution < 1.29 is 17.9 Å². The summed E-state index contributed by atoms with van der Waals surface area (Å²) >= 11 is 0. The summed E-state index contributed by atoms with van der Waals surface area (Å²) in [6.07, 6.45) is 0. The fourth-order valence-electron chi connectivity index (χ4n) is 3.07. The standard InChI is InChI=1S/C22H24N2O4S/c1-15(2)24-22(25)20-13-18(11-12-21(20)28-3)29(26,27)23-14-17-9-6-8-16-7-4-5-10-19(16)17/h4-13,15,23H,14H2,1-3H3,(H,24,25). The number of hydrogen-bond acceptors (Lipinski definition) is 4. The van der Waals surface area contributed by atoms with E-state index in [2.05, 4.69) is 10.0 Å². The first kappa shape index (κ1) is 20.8. The molecule has 7 heteroatoms. The highest BCUT2D eigenvalue weighted by Gasteiger charge is 2.20. The highest BCUT2D eigenvalue weighted by Crippen LogP contribution is 2.23. The van der Waals surface area contributed by atoms with Crippen molar-refractivity contribution in [2.24, 2.45) is 0 Å². The number of rotatable bonds is 7. The molecule has 0 saturated carbocycles. The molecule has 0 aromatic heterocycles. The molecule has 2 N–H and O–H groups in total. The third kappa shape index (κ3) is 4.75. The Balaban J connectivity index is 1.88. The van der Waals surface area contributed by atoms with Gasteiger partial charge in [0, 0.05) is 12.6 Å². The molecule has 0 spiro atoms. The number of sulfonamides is 1. The van der Waals surface area contributed by atoms with Gasteiger partial charge in [-0.05, 0) is 48.4 Å². The van der Waals surface area contributed by atoms with Crippen LogP contribution in [-0.2, 0) is 16.6 Å². The Bertz CT molecular complexity index is 1140. The molecule has 3 rings (SSSR count). The van der Waals surface area contributed by atoms with Crippen molar-refractivity contribution in [3.63, 3.8) is 0 Å². The second-order valence-electron chi connectivity index (χ2n) is 6.95. The van der Waals surface area contributed by atoms with Gasteiger partial charge in [-0.15, -0.1) is 0 Å². The van der Waals surface area contributed by atoms with Crippen LogP contribution < -0.4 is 14.8 Å². The molecule has 0 fully saturated rings. The normalized spacial score (nSPS) is 11.6. The first-order valence-electron chi connectivity index (χ1n) is 9.27. The number of ether oxygens (including phenoxy) is 1. The molecule has 152 valence electrons. The first-order chi connectivity index (χ1) is 13.8. The van der Waals surface area contributed by atoms with Gasteiger partial charge < -0.3 is 10.1 Å². The lowest BCUT2D eigenvalue weighted by atomic mass is 10.1. The summed E-state index contributed by atoms with van der Waals surface area (Å²) in [6.45, 7) is 3.80. The number of benzene rings is 3. The highest BCUT2D eigenvalue weighted by atomic mass is 32.2. The maximum atomic E-state index is 12.9. The molecule has 29 heavy (non-hydrogen) atoms. The summed E-state index contributed by atoms with van der Waals surface area (Å²) in [5, 5.41) is 4.79. The molecule has 0 saturated heterocycles. The zero-order valence-corrected chi connectivity index (χ0v) is 17.4. The minimum atomic E-state index is -3.82. The molecule has 0 bridgehead atoms. The monoisotopic (exact) mass is 412 g/mol. The van der Waals surface area contributed by atoms with Crippen molar-refractivity contribution >= 4 is 26.7 Å². The second kappa shape index (κ2) is 8.63. The smallest absolute Gasteiger partial charge is 0.255 e. The third-order valence-corrected chi connectivity index (χ3v) is 5.88. The molecule has 0 aliphatic rings. The SMILES string of the molecule is COc1ccc(S(=O)(=O)NCc2cccc3ccccc23)cc1C(=O)NC(C)C. The first-order valence-corrected chi connectivity index (χ1v) is 10.8. The zero-order valence-electron chi connectivity index (χ0n) is 16.6. The van der Waals surface area contributed by atoms with E-state index in [0.29, 0.717) is 5.75 Å². The molecular formula is C22H24N2O4S. The van der Waals surface area contributed by atoms with Gasteiger partial charge in [0.2, 0.25) is 10.0 Å². The van der Waals surface area contributed by atoms with Crippen LogP contribution in [-0.4, -0.2) is 27.5 Å². The van der Waals surface area contributed by atoms with Gasteiger partial charge in [-0.1, -0.05) is 42.5 Å². The summed E-state index contributed by atoms with van der Waals surface area (Å²) in [5.41, 5.74) is 1.05. The van der Waals surface area contributed by atoms with Gasteiger partial charge in [-0.3, -0.25) is 4.79 Å². The van der Waals surface area contributed by atoms with Gasteiger partial charge in [-0.25, -0.2) is 13.1 Å². The van der Waals surface area contributed by atoms with E-state index in [-0.39, 0.29) is 29.0 Å². The Labute approximate surface area is 170 Å². The summed E-state index contributed by atoms with van der Waals surface area (Å²) in [6, 6.07) is 17.7. The zero-order chi connectivity index (χ0) is 21.0. The van der Waals surface area contributed by atoms with Crippen molar-refractivity contribution in [3.8, 4) is 5.75 Å². The van der Waals surface area contributed by atoms with Crippen molar-refractivity contribution in [2.45, 2.75) is 31.3 Å². The number of fused-ring (bicyclic) bond motifs is 1. The maximum Gasteiger partial charge on any atom is 0.255 e. The largest absolute Gasteiger partial charge is 0.496 e. The fraction of sp³-hybridized carbons (Fsp3) is 0.227. The molecule has 6 nitrogen and oxygen atoms in total. The number of hydrogen-bond donors (Lipinski definition) is 2. The van der Waals surface area contributed by atoms with Gasteiger partial charge in [0.05, 0.1) is 17.6 Å². The van der Waals surface area contributed by atoms with Crippen LogP contribution in [0.25, 0.3) is 10.8 Å². The fourth-order valence-corrected chi connectivity index (χ4v) is 4.11. The number of carbonyl (C=O) groups excluding carboxylic acids is 1. The van der Waals surface area contributed by atoms with E-state index in [9.17, 15) is 13.2 Å². The van der Waals surface area contributed by atoms with E-state index < -0.39 is 10.0 Å². The topological polar surface area (TPSA) is 84.5 Å². The summed E-state index contributed by atoms with van der Waals surface area (Å²) in [5.74, 6) is -0.0703. The molecule has 1 amide bonds. The summed E-state index contributed by atoms with van der Waals surface area (Å²) in [7, 11) is -2.38. The van der Waals surface area contributed by atoms with Crippen LogP contribution in [0.4, 0.5) is 0 Å². The van der Waals surface area contributed by atoms with Crippen molar-refractivity contribution in [2.75, 3.05) is 7.11 Å². The lowest BCUT2D eigenvalue weighted by Crippen LogP contribution is -2.31. The Morgan fingerprint density at radius 1 is 1.03 bits per heavy atom. The van der Waals surface area contributed by atoms with Crippen LogP contribution in [0.2, 0.25) is 0 Å². The molecule has 3 aromatic carbocycles. The summed E-state index contributed by atoms with van der Waals surface area (Å²) < 4.78 is 33.6. The highest BCUT2D eigenvalue weighted by molar-refractivity contribution is 7.89. The Morgan fingerprint density at radius 2 is 1.76 bits per heavy atom. The van der Waals surface area contributed by atoms with E-state index in [1.54, 1.807) is 0 Å². The number of methoxy groups -OCH3 is 1. The van der Waals surface area contributed by atoms with Crippen LogP contribution in [0.5, 0.6) is 5.75 Å². The van der Waals surface area contributed by atoms with Crippen LogP contribution in [0.3, 0.4) is 0 Å². The number of amides is 1. The van der Waals surface area contributed by atoms with Crippen LogP contribution in [0.15, 0.2) is 65.6 Å². The molecular weight excluding hydrogens is 388 g/mol. The van der Waals surface area contributed by atoms with Gasteiger partial charge >= 0.3 is 0 Å². The molecule has 0 aliphatic heterocycles. The Kier molecular flexibility index (Phi) is 6.20. The van der Waals surface area contributed by atoms with E-state index in [1.165, 1.54) is 25.3 Å². The Hall–Kier alpha value is -2.90. The van der Waals surface area contributed by atoms with E-state index in [4.69, 9.17) is 4.74 Å². The van der Waals surface area contributed by atoms with Crippen LogP contribution in [0.1, 0.15) is 29.8 Å². The van der Waals surface area contributed by atoms with Gasteiger partial charge in [0.25, 0.3) is 5.91 Å². The van der Waals surface area contributed by atoms with Crippen LogP contribution in [0, 0.1) is 0 Å².